The average molecular weight is 397 g/mol. The first-order valence-corrected chi connectivity index (χ1v) is 8.60. The maximum atomic E-state index is 12.0. The van der Waals surface area contributed by atoms with Crippen molar-refractivity contribution in [2.24, 2.45) is 0 Å². The summed E-state index contributed by atoms with van der Waals surface area (Å²) in [5, 5.41) is 6.13. The second-order valence-corrected chi connectivity index (χ2v) is 5.60. The van der Waals surface area contributed by atoms with Gasteiger partial charge >= 0.3 is 5.97 Å². The predicted molar refractivity (Wildman–Crippen MR) is 106 cm³/mol. The lowest BCUT2D eigenvalue weighted by Gasteiger charge is -2.15. The van der Waals surface area contributed by atoms with Gasteiger partial charge in [0.15, 0.2) is 0 Å². The maximum absolute atomic E-state index is 12.0. The zero-order valence-corrected chi connectivity index (χ0v) is 16.3. The second kappa shape index (κ2) is 12.0. The number of carbonyl (C=O) groups excluding carboxylic acids is 2. The van der Waals surface area contributed by atoms with Crippen LogP contribution in [0.15, 0.2) is 24.5 Å². The third-order valence-corrected chi connectivity index (χ3v) is 3.46. The van der Waals surface area contributed by atoms with Gasteiger partial charge in [-0.05, 0) is 18.6 Å². The summed E-state index contributed by atoms with van der Waals surface area (Å²) < 4.78 is 10.2. The molecule has 0 bridgehead atoms. The predicted octanol–water partition coefficient (Wildman–Crippen LogP) is 2.78. The molecule has 0 aliphatic rings. The number of carbonyl (C=O) groups is 2. The van der Waals surface area contributed by atoms with Gasteiger partial charge in [0.2, 0.25) is 5.91 Å². The Labute approximate surface area is 164 Å². The quantitative estimate of drug-likeness (QED) is 0.470. The molecule has 2 heterocycles. The third kappa shape index (κ3) is 7.36. The number of anilines is 2. The van der Waals surface area contributed by atoms with Crippen LogP contribution < -0.4 is 10.6 Å². The van der Waals surface area contributed by atoms with Crippen LogP contribution in [0.3, 0.4) is 0 Å². The number of nitrogens with zero attached hydrogens (tertiary/aromatic N) is 2. The monoisotopic (exact) mass is 396 g/mol. The van der Waals surface area contributed by atoms with E-state index in [4.69, 9.17) is 9.47 Å². The van der Waals surface area contributed by atoms with Crippen LogP contribution in [0.5, 0.6) is 0 Å². The van der Waals surface area contributed by atoms with Gasteiger partial charge in [0.1, 0.15) is 12.1 Å². The van der Waals surface area contributed by atoms with Crippen LogP contribution in [0.25, 0.3) is 11.0 Å². The maximum Gasteiger partial charge on any atom is 0.302 e. The normalized spacial score (nSPS) is 10.1. The van der Waals surface area contributed by atoms with Gasteiger partial charge in [0.05, 0.1) is 36.3 Å². The Morgan fingerprint density at radius 1 is 1.19 bits per heavy atom. The highest BCUT2D eigenvalue weighted by atomic mass is 35.5. The Morgan fingerprint density at radius 3 is 2.74 bits per heavy atom. The van der Waals surface area contributed by atoms with Crippen LogP contribution in [0, 0.1) is 0 Å². The molecule has 2 aromatic heterocycles. The number of halogens is 1. The second-order valence-electron chi connectivity index (χ2n) is 5.60. The van der Waals surface area contributed by atoms with Crippen molar-refractivity contribution in [2.75, 3.05) is 37.0 Å². The fourth-order valence-corrected chi connectivity index (χ4v) is 2.33. The standard InChI is InChI=1S/C18H24N4O4.ClH/c1-3-5-16(24)22-15-12-21-14-6-4-7-19-17(14)18(15)20-8-9-25-10-11-26-13(2)23;/h4,6-7,12H,3,5,8-11H2,1-2H3,(H,20,21)(H,22,24);1H. The lowest BCUT2D eigenvalue weighted by atomic mass is 10.2. The first kappa shape index (κ1) is 22.6. The molecule has 0 aliphatic carbocycles. The van der Waals surface area contributed by atoms with Crippen LogP contribution in [-0.4, -0.2) is 48.2 Å². The zero-order chi connectivity index (χ0) is 18.8. The highest BCUT2D eigenvalue weighted by Crippen LogP contribution is 2.28. The molecule has 2 N–H and O–H groups in total. The van der Waals surface area contributed by atoms with Crippen LogP contribution in [0.1, 0.15) is 26.7 Å². The molecular formula is C18H25ClN4O4. The lowest BCUT2D eigenvalue weighted by molar-refractivity contribution is -0.142. The van der Waals surface area contributed by atoms with E-state index in [0.717, 1.165) is 11.9 Å². The number of hydrogen-bond donors (Lipinski definition) is 2. The number of ether oxygens (including phenoxy) is 2. The van der Waals surface area contributed by atoms with Crippen molar-refractivity contribution in [1.29, 1.82) is 0 Å². The van der Waals surface area contributed by atoms with Crippen molar-refractivity contribution < 1.29 is 19.1 Å². The average Bonchev–Trinajstić information content (AvgIpc) is 2.62. The first-order valence-electron chi connectivity index (χ1n) is 8.60. The number of amides is 1. The van der Waals surface area contributed by atoms with Crippen LogP contribution in [-0.2, 0) is 19.1 Å². The van der Waals surface area contributed by atoms with E-state index >= 15 is 0 Å². The van der Waals surface area contributed by atoms with Crippen molar-refractivity contribution in [3.8, 4) is 0 Å². The number of pyridine rings is 2. The molecule has 2 aromatic rings. The summed E-state index contributed by atoms with van der Waals surface area (Å²) in [4.78, 5) is 31.3. The van der Waals surface area contributed by atoms with Gasteiger partial charge in [-0.25, -0.2) is 0 Å². The summed E-state index contributed by atoms with van der Waals surface area (Å²) >= 11 is 0. The molecule has 0 atom stereocenters. The van der Waals surface area contributed by atoms with Crippen LogP contribution >= 0.6 is 12.4 Å². The van der Waals surface area contributed by atoms with Gasteiger partial charge < -0.3 is 20.1 Å². The van der Waals surface area contributed by atoms with E-state index in [-0.39, 0.29) is 30.9 Å². The van der Waals surface area contributed by atoms with E-state index in [0.29, 0.717) is 43.1 Å². The molecule has 0 unspecified atom stereocenters. The number of hydrogen-bond acceptors (Lipinski definition) is 7. The molecule has 27 heavy (non-hydrogen) atoms. The Hall–Kier alpha value is -2.45. The SMILES string of the molecule is CCCC(=O)Nc1cnc2cccnc2c1NCCOCCOC(C)=O.Cl. The van der Waals surface area contributed by atoms with Gasteiger partial charge in [-0.1, -0.05) is 6.92 Å². The minimum Gasteiger partial charge on any atom is -0.463 e. The molecule has 148 valence electrons. The van der Waals surface area contributed by atoms with Gasteiger partial charge in [-0.2, -0.15) is 0 Å². The minimum atomic E-state index is -0.325. The highest BCUT2D eigenvalue weighted by molar-refractivity contribution is 6.01. The molecular weight excluding hydrogens is 372 g/mol. The van der Waals surface area contributed by atoms with E-state index in [9.17, 15) is 9.59 Å². The molecule has 0 spiro atoms. The highest BCUT2D eigenvalue weighted by Gasteiger charge is 2.12. The molecule has 9 heteroatoms. The lowest BCUT2D eigenvalue weighted by Crippen LogP contribution is -2.17. The molecule has 0 radical (unpaired) electrons. The van der Waals surface area contributed by atoms with E-state index < -0.39 is 0 Å². The Morgan fingerprint density at radius 2 is 2.00 bits per heavy atom. The first-order chi connectivity index (χ1) is 12.6. The molecule has 0 saturated heterocycles. The number of fused-ring (bicyclic) bond motifs is 1. The number of aromatic nitrogens is 2. The van der Waals surface area contributed by atoms with E-state index in [1.165, 1.54) is 6.92 Å². The molecule has 2 rings (SSSR count). The number of rotatable bonds is 10. The zero-order valence-electron chi connectivity index (χ0n) is 15.5. The topological polar surface area (TPSA) is 102 Å². The van der Waals surface area contributed by atoms with Crippen molar-refractivity contribution in [3.05, 3.63) is 24.5 Å². The minimum absolute atomic E-state index is 0. The molecule has 8 nitrogen and oxygen atoms in total. The number of esters is 1. The molecule has 1 amide bonds. The smallest absolute Gasteiger partial charge is 0.302 e. The Kier molecular flexibility index (Phi) is 10.1. The van der Waals surface area contributed by atoms with E-state index in [1.807, 2.05) is 19.1 Å². The summed E-state index contributed by atoms with van der Waals surface area (Å²) in [7, 11) is 0. The fourth-order valence-electron chi connectivity index (χ4n) is 2.33. The van der Waals surface area contributed by atoms with E-state index in [1.54, 1.807) is 12.4 Å². The molecule has 0 aromatic carbocycles. The van der Waals surface area contributed by atoms with Crippen molar-refractivity contribution in [2.45, 2.75) is 26.7 Å². The van der Waals surface area contributed by atoms with E-state index in [2.05, 4.69) is 20.6 Å². The van der Waals surface area contributed by atoms with Crippen molar-refractivity contribution >= 4 is 46.7 Å². The summed E-state index contributed by atoms with van der Waals surface area (Å²) in [6.45, 7) is 4.79. The summed E-state index contributed by atoms with van der Waals surface area (Å²) in [6.07, 6.45) is 4.52. The summed E-state index contributed by atoms with van der Waals surface area (Å²) in [5.74, 6) is -0.390. The number of nitrogens with one attached hydrogen (secondary N) is 2. The third-order valence-electron chi connectivity index (χ3n) is 3.46. The molecule has 0 fully saturated rings. The van der Waals surface area contributed by atoms with Crippen molar-refractivity contribution in [1.82, 2.24) is 9.97 Å². The Bertz CT molecular complexity index is 757. The van der Waals surface area contributed by atoms with Crippen LogP contribution in [0.4, 0.5) is 11.4 Å². The summed E-state index contributed by atoms with van der Waals surface area (Å²) in [6, 6.07) is 3.67. The largest absolute Gasteiger partial charge is 0.463 e. The fraction of sp³-hybridized carbons (Fsp3) is 0.444. The molecule has 0 aliphatic heterocycles. The van der Waals surface area contributed by atoms with Crippen LogP contribution in [0.2, 0.25) is 0 Å². The molecule has 0 saturated carbocycles. The Balaban J connectivity index is 0.00000364. The van der Waals surface area contributed by atoms with Gasteiger partial charge in [-0.3, -0.25) is 19.6 Å². The summed E-state index contributed by atoms with van der Waals surface area (Å²) in [5.41, 5.74) is 2.72. The van der Waals surface area contributed by atoms with Gasteiger partial charge in [-0.15, -0.1) is 12.4 Å². The van der Waals surface area contributed by atoms with Crippen molar-refractivity contribution in [3.63, 3.8) is 0 Å². The van der Waals surface area contributed by atoms with Gasteiger partial charge in [0, 0.05) is 26.1 Å². The van der Waals surface area contributed by atoms with Gasteiger partial charge in [0.25, 0.3) is 0 Å².